The normalized spacial score (nSPS) is 12.8. The molecule has 1 aliphatic rings. The van der Waals surface area contributed by atoms with E-state index < -0.39 is 0 Å². The van der Waals surface area contributed by atoms with Crippen LogP contribution >= 0.6 is 0 Å². The fourth-order valence-corrected chi connectivity index (χ4v) is 3.07. The molecule has 0 saturated heterocycles. The van der Waals surface area contributed by atoms with Gasteiger partial charge in [0.2, 0.25) is 6.79 Å². The van der Waals surface area contributed by atoms with Gasteiger partial charge in [0, 0.05) is 23.7 Å². The molecule has 0 spiro atoms. The van der Waals surface area contributed by atoms with Crippen LogP contribution in [0, 0.1) is 0 Å². The first kappa shape index (κ1) is 13.9. The standard InChI is InChI=1S/C18H13N3O4/c1-23-11-3-4-12-14(7-11)19-8-13-17(12)20-21(18(13)22)10-2-5-15-16(6-10)25-9-24-15/h2-8,20H,9H2,1H3. The molecule has 25 heavy (non-hydrogen) atoms. The van der Waals surface area contributed by atoms with Gasteiger partial charge in [0.25, 0.3) is 5.56 Å². The number of hydrogen-bond donors (Lipinski definition) is 1. The molecule has 0 amide bonds. The molecule has 3 heterocycles. The lowest BCUT2D eigenvalue weighted by atomic mass is 10.1. The predicted molar refractivity (Wildman–Crippen MR) is 91.9 cm³/mol. The van der Waals surface area contributed by atoms with E-state index in [2.05, 4.69) is 10.1 Å². The van der Waals surface area contributed by atoms with Crippen molar-refractivity contribution in [3.8, 4) is 22.9 Å². The van der Waals surface area contributed by atoms with E-state index >= 15 is 0 Å². The van der Waals surface area contributed by atoms with E-state index in [1.54, 1.807) is 25.4 Å². The molecule has 5 rings (SSSR count). The number of hydrogen-bond acceptors (Lipinski definition) is 5. The number of fused-ring (bicyclic) bond motifs is 4. The van der Waals surface area contributed by atoms with Crippen LogP contribution in [0.1, 0.15) is 0 Å². The van der Waals surface area contributed by atoms with Crippen molar-refractivity contribution in [2.24, 2.45) is 0 Å². The molecular formula is C18H13N3O4. The summed E-state index contributed by atoms with van der Waals surface area (Å²) in [5.74, 6) is 2.01. The fourth-order valence-electron chi connectivity index (χ4n) is 3.07. The summed E-state index contributed by atoms with van der Waals surface area (Å²) in [4.78, 5) is 17.2. The van der Waals surface area contributed by atoms with Gasteiger partial charge >= 0.3 is 0 Å². The molecule has 2 aromatic heterocycles. The lowest BCUT2D eigenvalue weighted by molar-refractivity contribution is 0.174. The number of benzene rings is 2. The highest BCUT2D eigenvalue weighted by molar-refractivity contribution is 6.03. The number of pyridine rings is 1. The molecule has 4 aromatic rings. The summed E-state index contributed by atoms with van der Waals surface area (Å²) < 4.78 is 17.4. The van der Waals surface area contributed by atoms with Crippen LogP contribution in [-0.2, 0) is 0 Å². The van der Waals surface area contributed by atoms with Crippen molar-refractivity contribution in [2.45, 2.75) is 0 Å². The summed E-state index contributed by atoms with van der Waals surface area (Å²) in [6.07, 6.45) is 1.58. The Morgan fingerprint density at radius 2 is 2.00 bits per heavy atom. The molecule has 1 N–H and O–H groups in total. The van der Waals surface area contributed by atoms with Crippen molar-refractivity contribution >= 4 is 21.8 Å². The average Bonchev–Trinajstić information content (AvgIpc) is 3.25. The predicted octanol–water partition coefficient (Wildman–Crippen LogP) is 2.60. The van der Waals surface area contributed by atoms with E-state index in [0.717, 1.165) is 22.2 Å². The van der Waals surface area contributed by atoms with Crippen molar-refractivity contribution in [1.29, 1.82) is 0 Å². The molecule has 124 valence electrons. The number of aromatic nitrogens is 3. The van der Waals surface area contributed by atoms with Crippen LogP contribution in [0.2, 0.25) is 0 Å². The molecule has 0 atom stereocenters. The topological polar surface area (TPSA) is 78.4 Å². The van der Waals surface area contributed by atoms with Crippen LogP contribution in [0.5, 0.6) is 17.2 Å². The number of rotatable bonds is 2. The quantitative estimate of drug-likeness (QED) is 0.609. The Morgan fingerprint density at radius 3 is 2.88 bits per heavy atom. The Balaban J connectivity index is 1.76. The number of nitrogens with one attached hydrogen (secondary N) is 1. The molecule has 0 fully saturated rings. The second-order valence-corrected chi connectivity index (χ2v) is 5.72. The van der Waals surface area contributed by atoms with Gasteiger partial charge in [-0.3, -0.25) is 14.9 Å². The molecule has 0 saturated carbocycles. The highest BCUT2D eigenvalue weighted by Gasteiger charge is 2.17. The minimum absolute atomic E-state index is 0.168. The van der Waals surface area contributed by atoms with E-state index in [1.807, 2.05) is 24.3 Å². The van der Waals surface area contributed by atoms with E-state index in [1.165, 1.54) is 4.68 Å². The molecule has 0 unspecified atom stereocenters. The van der Waals surface area contributed by atoms with Crippen molar-refractivity contribution in [3.05, 3.63) is 52.9 Å². The van der Waals surface area contributed by atoms with E-state index in [0.29, 0.717) is 22.6 Å². The second-order valence-electron chi connectivity index (χ2n) is 5.72. The van der Waals surface area contributed by atoms with Crippen molar-refractivity contribution < 1.29 is 14.2 Å². The Bertz CT molecular complexity index is 1190. The van der Waals surface area contributed by atoms with Gasteiger partial charge < -0.3 is 14.2 Å². The van der Waals surface area contributed by atoms with Gasteiger partial charge in [-0.05, 0) is 24.3 Å². The summed E-state index contributed by atoms with van der Waals surface area (Å²) in [7, 11) is 1.61. The summed E-state index contributed by atoms with van der Waals surface area (Å²) in [5, 5.41) is 4.56. The van der Waals surface area contributed by atoms with Gasteiger partial charge in [0.15, 0.2) is 11.5 Å². The van der Waals surface area contributed by atoms with Crippen LogP contribution in [0.25, 0.3) is 27.5 Å². The molecule has 1 aliphatic heterocycles. The van der Waals surface area contributed by atoms with Crippen LogP contribution in [0.15, 0.2) is 47.4 Å². The van der Waals surface area contributed by atoms with Gasteiger partial charge in [-0.25, -0.2) is 4.68 Å². The Kier molecular flexibility index (Phi) is 2.79. The number of methoxy groups -OCH3 is 1. The first-order valence-corrected chi connectivity index (χ1v) is 7.72. The Labute approximate surface area is 141 Å². The summed E-state index contributed by atoms with van der Waals surface area (Å²) in [6, 6.07) is 11.0. The van der Waals surface area contributed by atoms with E-state index in [9.17, 15) is 4.79 Å². The fraction of sp³-hybridized carbons (Fsp3) is 0.111. The third-order valence-electron chi connectivity index (χ3n) is 4.35. The number of aromatic amines is 1. The van der Waals surface area contributed by atoms with E-state index in [4.69, 9.17) is 14.2 Å². The highest BCUT2D eigenvalue weighted by Crippen LogP contribution is 2.33. The van der Waals surface area contributed by atoms with Gasteiger partial charge in [0.05, 0.1) is 29.2 Å². The number of nitrogens with zero attached hydrogens (tertiary/aromatic N) is 2. The summed E-state index contributed by atoms with van der Waals surface area (Å²) >= 11 is 0. The monoisotopic (exact) mass is 335 g/mol. The molecule has 0 bridgehead atoms. The average molecular weight is 335 g/mol. The SMILES string of the molecule is COc1ccc2c(c1)ncc1c(=O)n(-c3ccc4c(c3)OCO4)[nH]c12. The smallest absolute Gasteiger partial charge is 0.280 e. The molecular weight excluding hydrogens is 322 g/mol. The van der Waals surface area contributed by atoms with E-state index in [-0.39, 0.29) is 12.4 Å². The molecule has 0 aliphatic carbocycles. The summed E-state index contributed by atoms with van der Waals surface area (Å²) in [6.45, 7) is 0.191. The maximum absolute atomic E-state index is 12.8. The van der Waals surface area contributed by atoms with Crippen LogP contribution in [0.3, 0.4) is 0 Å². The second kappa shape index (κ2) is 5.01. The third-order valence-corrected chi connectivity index (χ3v) is 4.35. The number of ether oxygens (including phenoxy) is 3. The first-order chi connectivity index (χ1) is 12.2. The molecule has 0 radical (unpaired) electrons. The zero-order chi connectivity index (χ0) is 17.0. The molecule has 7 nitrogen and oxygen atoms in total. The van der Waals surface area contributed by atoms with Crippen LogP contribution in [-0.4, -0.2) is 28.7 Å². The zero-order valence-corrected chi connectivity index (χ0v) is 13.3. The van der Waals surface area contributed by atoms with Crippen LogP contribution < -0.4 is 19.8 Å². The lowest BCUT2D eigenvalue weighted by Gasteiger charge is -2.03. The number of H-pyrrole nitrogens is 1. The lowest BCUT2D eigenvalue weighted by Crippen LogP contribution is -2.14. The first-order valence-electron chi connectivity index (χ1n) is 7.72. The van der Waals surface area contributed by atoms with Gasteiger partial charge in [0.1, 0.15) is 5.75 Å². The largest absolute Gasteiger partial charge is 0.497 e. The maximum Gasteiger partial charge on any atom is 0.280 e. The Hall–Kier alpha value is -3.48. The minimum Gasteiger partial charge on any atom is -0.497 e. The maximum atomic E-state index is 12.8. The summed E-state index contributed by atoms with van der Waals surface area (Å²) in [5.41, 5.74) is 1.99. The van der Waals surface area contributed by atoms with Gasteiger partial charge in [-0.15, -0.1) is 0 Å². The minimum atomic E-state index is -0.168. The third kappa shape index (κ3) is 1.99. The van der Waals surface area contributed by atoms with Crippen molar-refractivity contribution in [2.75, 3.05) is 13.9 Å². The van der Waals surface area contributed by atoms with Gasteiger partial charge in [-0.2, -0.15) is 0 Å². The van der Waals surface area contributed by atoms with Gasteiger partial charge in [-0.1, -0.05) is 0 Å². The highest BCUT2D eigenvalue weighted by atomic mass is 16.7. The molecule has 7 heteroatoms. The molecule has 2 aromatic carbocycles. The van der Waals surface area contributed by atoms with Crippen molar-refractivity contribution in [1.82, 2.24) is 14.8 Å². The van der Waals surface area contributed by atoms with Crippen LogP contribution in [0.4, 0.5) is 0 Å². The van der Waals surface area contributed by atoms with Crippen molar-refractivity contribution in [3.63, 3.8) is 0 Å². The Morgan fingerprint density at radius 1 is 1.12 bits per heavy atom. The zero-order valence-electron chi connectivity index (χ0n) is 13.3.